The normalized spacial score (nSPS) is 15.2. The maximum absolute atomic E-state index is 12.1. The zero-order valence-electron chi connectivity index (χ0n) is 12.2. The predicted octanol–water partition coefficient (Wildman–Crippen LogP) is 1.46. The van der Waals surface area contributed by atoms with Gasteiger partial charge in [-0.1, -0.05) is 0 Å². The van der Waals surface area contributed by atoms with E-state index >= 15 is 0 Å². The molecule has 0 unspecified atom stereocenters. The molecular weight excluding hydrogens is 268 g/mol. The number of likely N-dealkylation sites (N-methyl/N-ethyl adjacent to an activating group) is 1. The topological polar surface area (TPSA) is 75.6 Å². The van der Waals surface area contributed by atoms with Gasteiger partial charge in [-0.15, -0.1) is 0 Å². The number of likely N-dealkylation sites (tertiary alicyclic amines) is 1. The van der Waals surface area contributed by atoms with Crippen LogP contribution < -0.4 is 5.73 Å². The van der Waals surface area contributed by atoms with E-state index in [0.29, 0.717) is 30.3 Å². The lowest BCUT2D eigenvalue weighted by molar-refractivity contribution is -0.131. The van der Waals surface area contributed by atoms with Crippen LogP contribution in [0.2, 0.25) is 0 Å². The fourth-order valence-corrected chi connectivity index (χ4v) is 2.64. The molecule has 1 aromatic heterocycles. The van der Waals surface area contributed by atoms with Gasteiger partial charge in [0.2, 0.25) is 11.8 Å². The molecule has 2 heterocycles. The number of hydrogen-bond donors (Lipinski definition) is 1. The Morgan fingerprint density at radius 1 is 1.43 bits per heavy atom. The molecule has 0 aliphatic carbocycles. The van der Waals surface area contributed by atoms with E-state index < -0.39 is 0 Å². The van der Waals surface area contributed by atoms with Crippen LogP contribution in [0.15, 0.2) is 22.6 Å². The molecule has 0 atom stereocenters. The van der Waals surface area contributed by atoms with E-state index in [9.17, 15) is 4.79 Å². The van der Waals surface area contributed by atoms with Gasteiger partial charge in [0, 0.05) is 24.8 Å². The summed E-state index contributed by atoms with van der Waals surface area (Å²) >= 11 is 0. The van der Waals surface area contributed by atoms with Gasteiger partial charge >= 0.3 is 0 Å². The van der Waals surface area contributed by atoms with Crippen molar-refractivity contribution in [2.24, 2.45) is 0 Å². The maximum Gasteiger partial charge on any atom is 0.236 e. The van der Waals surface area contributed by atoms with Gasteiger partial charge in [0.15, 0.2) is 5.58 Å². The van der Waals surface area contributed by atoms with Gasteiger partial charge in [0.25, 0.3) is 0 Å². The first kappa shape index (κ1) is 13.9. The number of aromatic nitrogens is 1. The van der Waals surface area contributed by atoms with Crippen LogP contribution in [0.5, 0.6) is 0 Å². The van der Waals surface area contributed by atoms with E-state index in [2.05, 4.69) is 4.98 Å². The van der Waals surface area contributed by atoms with Crippen molar-refractivity contribution >= 4 is 22.7 Å². The molecular formula is C15H20N4O2. The van der Waals surface area contributed by atoms with Crippen LogP contribution in [0.1, 0.15) is 18.7 Å². The van der Waals surface area contributed by atoms with Crippen LogP contribution in [0.3, 0.4) is 0 Å². The molecule has 1 saturated heterocycles. The van der Waals surface area contributed by atoms with Gasteiger partial charge in [-0.3, -0.25) is 9.69 Å². The number of benzene rings is 1. The third kappa shape index (κ3) is 3.16. The maximum atomic E-state index is 12.1. The summed E-state index contributed by atoms with van der Waals surface area (Å²) in [6.07, 6.45) is 2.23. The first-order valence-corrected chi connectivity index (χ1v) is 7.23. The number of carbonyl (C=O) groups is 1. The fourth-order valence-electron chi connectivity index (χ4n) is 2.64. The molecule has 3 rings (SSSR count). The minimum Gasteiger partial charge on any atom is -0.439 e. The van der Waals surface area contributed by atoms with Crippen LogP contribution in [0, 0.1) is 0 Å². The van der Waals surface area contributed by atoms with Crippen LogP contribution >= 0.6 is 0 Å². The van der Waals surface area contributed by atoms with Crippen molar-refractivity contribution in [3.05, 3.63) is 24.1 Å². The third-order valence-corrected chi connectivity index (χ3v) is 3.73. The largest absolute Gasteiger partial charge is 0.439 e. The molecule has 0 radical (unpaired) electrons. The lowest BCUT2D eigenvalue weighted by atomic mass is 10.3. The Morgan fingerprint density at radius 3 is 2.95 bits per heavy atom. The lowest BCUT2D eigenvalue weighted by Crippen LogP contribution is -2.37. The molecule has 1 amide bonds. The number of nitrogen functional groups attached to an aromatic ring is 1. The number of anilines is 1. The second-order valence-electron chi connectivity index (χ2n) is 5.59. The van der Waals surface area contributed by atoms with E-state index in [1.807, 2.05) is 22.9 Å². The first-order valence-electron chi connectivity index (χ1n) is 7.23. The Kier molecular flexibility index (Phi) is 3.79. The molecule has 6 nitrogen and oxygen atoms in total. The molecule has 0 spiro atoms. The second-order valence-corrected chi connectivity index (χ2v) is 5.59. The van der Waals surface area contributed by atoms with Gasteiger partial charge in [-0.05, 0) is 32.0 Å². The monoisotopic (exact) mass is 288 g/mol. The highest BCUT2D eigenvalue weighted by molar-refractivity contribution is 5.78. The zero-order valence-corrected chi connectivity index (χ0v) is 12.2. The van der Waals surface area contributed by atoms with E-state index in [4.69, 9.17) is 10.2 Å². The van der Waals surface area contributed by atoms with Crippen molar-refractivity contribution in [1.82, 2.24) is 14.8 Å². The Labute approximate surface area is 123 Å². The fraction of sp³-hybridized carbons (Fsp3) is 0.467. The average molecular weight is 288 g/mol. The summed E-state index contributed by atoms with van der Waals surface area (Å²) in [7, 11) is 1.90. The summed E-state index contributed by atoms with van der Waals surface area (Å²) in [6.45, 7) is 2.67. The van der Waals surface area contributed by atoms with Gasteiger partial charge < -0.3 is 15.1 Å². The van der Waals surface area contributed by atoms with Crippen molar-refractivity contribution in [2.75, 3.05) is 32.4 Å². The highest BCUT2D eigenvalue weighted by atomic mass is 16.3. The number of oxazole rings is 1. The molecule has 21 heavy (non-hydrogen) atoms. The number of carbonyl (C=O) groups excluding carboxylic acids is 1. The molecule has 1 fully saturated rings. The number of amides is 1. The molecule has 2 aromatic rings. The Morgan fingerprint density at radius 2 is 2.19 bits per heavy atom. The number of hydrogen-bond acceptors (Lipinski definition) is 5. The van der Waals surface area contributed by atoms with Gasteiger partial charge in [0.1, 0.15) is 5.52 Å². The van der Waals surface area contributed by atoms with Crippen LogP contribution in [-0.4, -0.2) is 47.4 Å². The highest BCUT2D eigenvalue weighted by Crippen LogP contribution is 2.19. The summed E-state index contributed by atoms with van der Waals surface area (Å²) in [4.78, 5) is 20.3. The van der Waals surface area contributed by atoms with Crippen molar-refractivity contribution < 1.29 is 9.21 Å². The standard InChI is InChI=1S/C15H20N4O2/c1-18(10-15(20)19-6-2-3-7-19)9-14-17-12-5-4-11(16)8-13(12)21-14/h4-5,8H,2-3,6-7,9-10,16H2,1H3. The third-order valence-electron chi connectivity index (χ3n) is 3.73. The van der Waals surface area contributed by atoms with Crippen molar-refractivity contribution in [1.29, 1.82) is 0 Å². The SMILES string of the molecule is CN(CC(=O)N1CCCC1)Cc1nc2ccc(N)cc2o1. The molecule has 6 heteroatoms. The molecule has 0 bridgehead atoms. The summed E-state index contributed by atoms with van der Waals surface area (Å²) in [6, 6.07) is 5.41. The van der Waals surface area contributed by atoms with Crippen molar-refractivity contribution in [2.45, 2.75) is 19.4 Å². The van der Waals surface area contributed by atoms with E-state index in [0.717, 1.165) is 31.4 Å². The molecule has 1 aromatic carbocycles. The summed E-state index contributed by atoms with van der Waals surface area (Å²) in [5, 5.41) is 0. The van der Waals surface area contributed by atoms with Gasteiger partial charge in [-0.2, -0.15) is 0 Å². The van der Waals surface area contributed by atoms with Crippen molar-refractivity contribution in [3.63, 3.8) is 0 Å². The minimum absolute atomic E-state index is 0.176. The summed E-state index contributed by atoms with van der Waals surface area (Å²) < 4.78 is 5.67. The molecule has 2 N–H and O–H groups in total. The predicted molar refractivity (Wildman–Crippen MR) is 80.6 cm³/mol. The zero-order chi connectivity index (χ0) is 14.8. The van der Waals surface area contributed by atoms with Gasteiger partial charge in [-0.25, -0.2) is 4.98 Å². The second kappa shape index (κ2) is 5.73. The quantitative estimate of drug-likeness (QED) is 0.862. The number of nitrogens with two attached hydrogens (primary N) is 1. The lowest BCUT2D eigenvalue weighted by Gasteiger charge is -2.19. The first-order chi connectivity index (χ1) is 10.1. The minimum atomic E-state index is 0.176. The number of nitrogens with zero attached hydrogens (tertiary/aromatic N) is 3. The molecule has 1 aliphatic rings. The Hall–Kier alpha value is -2.08. The average Bonchev–Trinajstić information content (AvgIpc) is 3.06. The molecule has 112 valence electrons. The number of fused-ring (bicyclic) bond motifs is 1. The van der Waals surface area contributed by atoms with Crippen LogP contribution in [0.25, 0.3) is 11.1 Å². The van der Waals surface area contributed by atoms with Crippen LogP contribution in [-0.2, 0) is 11.3 Å². The van der Waals surface area contributed by atoms with Crippen molar-refractivity contribution in [3.8, 4) is 0 Å². The number of rotatable bonds is 4. The van der Waals surface area contributed by atoms with E-state index in [1.54, 1.807) is 12.1 Å². The van der Waals surface area contributed by atoms with Crippen LogP contribution in [0.4, 0.5) is 5.69 Å². The molecule has 1 aliphatic heterocycles. The Balaban J connectivity index is 1.62. The highest BCUT2D eigenvalue weighted by Gasteiger charge is 2.19. The van der Waals surface area contributed by atoms with Gasteiger partial charge in [0.05, 0.1) is 13.1 Å². The van der Waals surface area contributed by atoms with E-state index in [-0.39, 0.29) is 5.91 Å². The molecule has 0 saturated carbocycles. The summed E-state index contributed by atoms with van der Waals surface area (Å²) in [5.74, 6) is 0.780. The summed E-state index contributed by atoms with van der Waals surface area (Å²) in [5.41, 5.74) is 7.85. The van der Waals surface area contributed by atoms with E-state index in [1.165, 1.54) is 0 Å². The smallest absolute Gasteiger partial charge is 0.236 e. The Bertz CT molecular complexity index is 646.